The number of amides is 2. The van der Waals surface area contributed by atoms with Gasteiger partial charge in [-0.2, -0.15) is 0 Å². The molecule has 1 aliphatic rings. The van der Waals surface area contributed by atoms with E-state index in [-0.39, 0.29) is 23.8 Å². The number of benzene rings is 3. The minimum absolute atomic E-state index is 0.0149. The van der Waals surface area contributed by atoms with Gasteiger partial charge in [0, 0.05) is 47.5 Å². The van der Waals surface area contributed by atoms with Crippen molar-refractivity contribution in [3.05, 3.63) is 96.2 Å². The molecular formula is C33H36N4O4. The highest BCUT2D eigenvalue weighted by atomic mass is 16.5. The van der Waals surface area contributed by atoms with E-state index in [0.717, 1.165) is 53.6 Å². The third-order valence-electron chi connectivity index (χ3n) is 7.51. The fourth-order valence-corrected chi connectivity index (χ4v) is 5.25. The van der Waals surface area contributed by atoms with E-state index in [4.69, 9.17) is 9.47 Å². The summed E-state index contributed by atoms with van der Waals surface area (Å²) >= 11 is 0. The van der Waals surface area contributed by atoms with E-state index in [9.17, 15) is 9.59 Å². The molecule has 0 saturated heterocycles. The van der Waals surface area contributed by atoms with Crippen LogP contribution in [0.2, 0.25) is 0 Å². The third kappa shape index (κ3) is 7.33. The molecule has 0 spiro atoms. The van der Waals surface area contributed by atoms with Gasteiger partial charge in [-0.15, -0.1) is 0 Å². The van der Waals surface area contributed by atoms with Gasteiger partial charge in [0.1, 0.15) is 18.1 Å². The number of nitrogens with one attached hydrogen (secondary N) is 3. The number of para-hydroxylation sites is 1. The lowest BCUT2D eigenvalue weighted by Gasteiger charge is -2.31. The van der Waals surface area contributed by atoms with Gasteiger partial charge in [0.05, 0.1) is 18.5 Å². The molecule has 8 heteroatoms. The number of anilines is 1. The number of nitrogens with zero attached hydrogens (tertiary/aromatic N) is 1. The number of ether oxygens (including phenoxy) is 2. The summed E-state index contributed by atoms with van der Waals surface area (Å²) in [6, 6.07) is 24.5. The van der Waals surface area contributed by atoms with Crippen LogP contribution in [0, 0.1) is 5.92 Å². The van der Waals surface area contributed by atoms with Crippen molar-refractivity contribution >= 4 is 28.4 Å². The summed E-state index contributed by atoms with van der Waals surface area (Å²) in [5.74, 6) is 1.04. The van der Waals surface area contributed by atoms with Crippen molar-refractivity contribution in [3.63, 3.8) is 0 Å². The molecule has 2 atom stereocenters. The highest BCUT2D eigenvalue weighted by Gasteiger charge is 2.32. The number of hydrogen-bond donors (Lipinski definition) is 3. The van der Waals surface area contributed by atoms with E-state index in [2.05, 4.69) is 20.9 Å². The maximum absolute atomic E-state index is 13.1. The lowest BCUT2D eigenvalue weighted by molar-refractivity contribution is -0.126. The fourth-order valence-electron chi connectivity index (χ4n) is 5.25. The molecule has 2 amide bonds. The van der Waals surface area contributed by atoms with Crippen molar-refractivity contribution in [2.24, 2.45) is 5.92 Å². The predicted molar refractivity (Wildman–Crippen MR) is 160 cm³/mol. The number of methoxy groups -OCH3 is 1. The lowest BCUT2D eigenvalue weighted by Crippen LogP contribution is -2.49. The van der Waals surface area contributed by atoms with E-state index in [1.807, 2.05) is 54.6 Å². The van der Waals surface area contributed by atoms with Crippen molar-refractivity contribution in [2.45, 2.75) is 38.3 Å². The fraction of sp³-hybridized carbons (Fsp3) is 0.303. The summed E-state index contributed by atoms with van der Waals surface area (Å²) in [5, 5.41) is 10.5. The Balaban J connectivity index is 1.10. The first kappa shape index (κ1) is 28.0. The van der Waals surface area contributed by atoms with Crippen LogP contribution in [0.25, 0.3) is 10.9 Å². The molecule has 0 radical (unpaired) electrons. The summed E-state index contributed by atoms with van der Waals surface area (Å²) in [4.78, 5) is 30.5. The van der Waals surface area contributed by atoms with Gasteiger partial charge in [0.25, 0.3) is 5.91 Å². The van der Waals surface area contributed by atoms with Crippen molar-refractivity contribution in [2.75, 3.05) is 25.5 Å². The van der Waals surface area contributed by atoms with Gasteiger partial charge in [-0.1, -0.05) is 31.0 Å². The molecule has 1 fully saturated rings. The molecule has 0 aliphatic heterocycles. The van der Waals surface area contributed by atoms with Gasteiger partial charge in [0.15, 0.2) is 0 Å². The Bertz CT molecular complexity index is 1450. The molecule has 3 N–H and O–H groups in total. The molecule has 1 heterocycles. The molecule has 1 aliphatic carbocycles. The Morgan fingerprint density at radius 1 is 0.878 bits per heavy atom. The van der Waals surface area contributed by atoms with Crippen LogP contribution in [0.15, 0.2) is 85.1 Å². The summed E-state index contributed by atoms with van der Waals surface area (Å²) in [6.45, 7) is 1.51. The first-order chi connectivity index (χ1) is 20.1. The predicted octanol–water partition coefficient (Wildman–Crippen LogP) is 5.34. The zero-order valence-electron chi connectivity index (χ0n) is 23.3. The van der Waals surface area contributed by atoms with Gasteiger partial charge in [-0.05, 0) is 73.5 Å². The second-order valence-electron chi connectivity index (χ2n) is 10.2. The van der Waals surface area contributed by atoms with Gasteiger partial charge in [-0.25, -0.2) is 0 Å². The number of rotatable bonds is 11. The average molecular weight is 553 g/mol. The van der Waals surface area contributed by atoms with E-state index in [0.29, 0.717) is 31.0 Å². The van der Waals surface area contributed by atoms with Crippen molar-refractivity contribution < 1.29 is 19.1 Å². The Kier molecular flexibility index (Phi) is 9.31. The maximum Gasteiger partial charge on any atom is 0.251 e. The summed E-state index contributed by atoms with van der Waals surface area (Å²) in [5.41, 5.74) is 3.49. The minimum atomic E-state index is -0.244. The van der Waals surface area contributed by atoms with Crippen LogP contribution in [-0.2, 0) is 11.4 Å². The molecule has 5 rings (SSSR count). The molecule has 212 valence electrons. The SMILES string of the molecule is COc1ccc(NCCNC(=O)[C@@H]2CCCC[C@@H]2NC(=O)c2ccc(OCc3ccnc4ccccc34)cc2)cc1. The Morgan fingerprint density at radius 2 is 1.63 bits per heavy atom. The molecular weight excluding hydrogens is 516 g/mol. The van der Waals surface area contributed by atoms with Crippen LogP contribution >= 0.6 is 0 Å². The highest BCUT2D eigenvalue weighted by molar-refractivity contribution is 5.95. The number of pyridine rings is 1. The normalized spacial score (nSPS) is 16.5. The minimum Gasteiger partial charge on any atom is -0.497 e. The molecule has 4 aromatic rings. The van der Waals surface area contributed by atoms with Crippen LogP contribution in [0.3, 0.4) is 0 Å². The third-order valence-corrected chi connectivity index (χ3v) is 7.51. The molecule has 1 saturated carbocycles. The maximum atomic E-state index is 13.1. The Labute approximate surface area is 240 Å². The summed E-state index contributed by atoms with van der Waals surface area (Å²) < 4.78 is 11.2. The van der Waals surface area contributed by atoms with Crippen molar-refractivity contribution in [1.82, 2.24) is 15.6 Å². The molecule has 41 heavy (non-hydrogen) atoms. The van der Waals surface area contributed by atoms with E-state index >= 15 is 0 Å². The van der Waals surface area contributed by atoms with Gasteiger partial charge >= 0.3 is 0 Å². The molecule has 0 unspecified atom stereocenters. The number of hydrogen-bond acceptors (Lipinski definition) is 6. The van der Waals surface area contributed by atoms with Crippen LogP contribution in [0.1, 0.15) is 41.6 Å². The Morgan fingerprint density at radius 3 is 2.44 bits per heavy atom. The zero-order chi connectivity index (χ0) is 28.4. The molecule has 3 aromatic carbocycles. The van der Waals surface area contributed by atoms with E-state index < -0.39 is 0 Å². The quantitative estimate of drug-likeness (QED) is 0.217. The topological polar surface area (TPSA) is 102 Å². The van der Waals surface area contributed by atoms with Crippen LogP contribution in [-0.4, -0.2) is 43.0 Å². The van der Waals surface area contributed by atoms with Crippen molar-refractivity contribution in [1.29, 1.82) is 0 Å². The first-order valence-electron chi connectivity index (χ1n) is 14.1. The monoisotopic (exact) mass is 552 g/mol. The standard InChI is InChI=1S/C33H36N4O4/c1-40-26-16-12-25(13-17-26)34-20-21-36-33(39)29-7-3-5-9-31(29)37-32(38)23-10-14-27(15-11-23)41-22-24-18-19-35-30-8-4-2-6-28(24)30/h2,4,6,8,10-19,29,31,34H,3,5,7,9,20-22H2,1H3,(H,36,39)(H,37,38)/t29-,31+/m1/s1. The first-order valence-corrected chi connectivity index (χ1v) is 14.1. The van der Waals surface area contributed by atoms with Gasteiger partial charge in [0.2, 0.25) is 5.91 Å². The van der Waals surface area contributed by atoms with Gasteiger partial charge < -0.3 is 25.4 Å². The number of carbonyl (C=O) groups excluding carboxylic acids is 2. The average Bonchev–Trinajstić information content (AvgIpc) is 3.02. The summed E-state index contributed by atoms with van der Waals surface area (Å²) in [6.07, 6.45) is 5.30. The second-order valence-corrected chi connectivity index (χ2v) is 10.2. The smallest absolute Gasteiger partial charge is 0.251 e. The number of carbonyl (C=O) groups is 2. The van der Waals surface area contributed by atoms with Crippen LogP contribution < -0.4 is 25.4 Å². The highest BCUT2D eigenvalue weighted by Crippen LogP contribution is 2.26. The zero-order valence-corrected chi connectivity index (χ0v) is 23.3. The van der Waals surface area contributed by atoms with Crippen LogP contribution in [0.5, 0.6) is 11.5 Å². The van der Waals surface area contributed by atoms with Crippen molar-refractivity contribution in [3.8, 4) is 11.5 Å². The van der Waals surface area contributed by atoms with E-state index in [1.165, 1.54) is 0 Å². The molecule has 8 nitrogen and oxygen atoms in total. The van der Waals surface area contributed by atoms with Crippen LogP contribution in [0.4, 0.5) is 5.69 Å². The molecule has 0 bridgehead atoms. The second kappa shape index (κ2) is 13.7. The molecule has 1 aromatic heterocycles. The summed E-state index contributed by atoms with van der Waals surface area (Å²) in [7, 11) is 1.64. The Hall–Kier alpha value is -4.59. The number of aromatic nitrogens is 1. The van der Waals surface area contributed by atoms with E-state index in [1.54, 1.807) is 37.6 Å². The van der Waals surface area contributed by atoms with Gasteiger partial charge in [-0.3, -0.25) is 14.6 Å². The largest absolute Gasteiger partial charge is 0.497 e. The lowest BCUT2D eigenvalue weighted by atomic mass is 9.83. The number of fused-ring (bicyclic) bond motifs is 1.